The van der Waals surface area contributed by atoms with Crippen molar-refractivity contribution in [1.82, 2.24) is 0 Å². The topological polar surface area (TPSA) is 75.0 Å². The first-order chi connectivity index (χ1) is 15.6. The molecule has 0 saturated carbocycles. The third-order valence-corrected chi connectivity index (χ3v) is 5.55. The van der Waals surface area contributed by atoms with Gasteiger partial charge >= 0.3 is 5.63 Å². The van der Waals surface area contributed by atoms with Gasteiger partial charge in [0.05, 0.1) is 0 Å². The van der Waals surface area contributed by atoms with Gasteiger partial charge in [-0.05, 0) is 48.4 Å². The van der Waals surface area contributed by atoms with Crippen molar-refractivity contribution in [3.8, 4) is 17.2 Å². The second kappa shape index (κ2) is 8.23. The SMILES string of the molecule is Cc1c(Cc2ccccc2)c(=O)oc2cc(OCC(=O)c3ccc4c(c3)OCO4)ccc12. The second-order valence-electron chi connectivity index (χ2n) is 7.59. The number of carbonyl (C=O) groups is 1. The van der Waals surface area contributed by atoms with Crippen LogP contribution in [-0.4, -0.2) is 19.2 Å². The molecule has 0 radical (unpaired) electrons. The minimum absolute atomic E-state index is 0.151. The van der Waals surface area contributed by atoms with Crippen molar-refractivity contribution in [3.63, 3.8) is 0 Å². The summed E-state index contributed by atoms with van der Waals surface area (Å²) < 4.78 is 21.8. The highest BCUT2D eigenvalue weighted by Gasteiger charge is 2.17. The summed E-state index contributed by atoms with van der Waals surface area (Å²) >= 11 is 0. The van der Waals surface area contributed by atoms with Crippen molar-refractivity contribution in [3.05, 3.63) is 99.4 Å². The Hall–Kier alpha value is -4.06. The van der Waals surface area contributed by atoms with Gasteiger partial charge in [-0.25, -0.2) is 4.79 Å². The van der Waals surface area contributed by atoms with Gasteiger partial charge in [-0.1, -0.05) is 30.3 Å². The molecule has 0 bridgehead atoms. The molecule has 0 fully saturated rings. The van der Waals surface area contributed by atoms with Gasteiger partial charge in [-0.3, -0.25) is 4.79 Å². The molecule has 1 aliphatic rings. The van der Waals surface area contributed by atoms with Gasteiger partial charge in [-0.15, -0.1) is 0 Å². The quantitative estimate of drug-likeness (QED) is 0.328. The monoisotopic (exact) mass is 428 g/mol. The van der Waals surface area contributed by atoms with Crippen molar-refractivity contribution in [2.24, 2.45) is 0 Å². The lowest BCUT2D eigenvalue weighted by atomic mass is 10.00. The van der Waals surface area contributed by atoms with Gasteiger partial charge in [-0.2, -0.15) is 0 Å². The van der Waals surface area contributed by atoms with Crippen LogP contribution in [0.5, 0.6) is 17.2 Å². The molecule has 0 amide bonds. The van der Waals surface area contributed by atoms with Crippen LogP contribution < -0.4 is 19.8 Å². The highest BCUT2D eigenvalue weighted by molar-refractivity contribution is 5.98. The van der Waals surface area contributed by atoms with E-state index in [-0.39, 0.29) is 24.8 Å². The van der Waals surface area contributed by atoms with E-state index in [1.54, 1.807) is 30.3 Å². The van der Waals surface area contributed by atoms with Gasteiger partial charge in [0.2, 0.25) is 6.79 Å². The zero-order valence-corrected chi connectivity index (χ0v) is 17.4. The molecule has 0 saturated heterocycles. The molecule has 3 aromatic carbocycles. The van der Waals surface area contributed by atoms with Gasteiger partial charge in [0.1, 0.15) is 11.3 Å². The number of ether oxygens (including phenoxy) is 3. The van der Waals surface area contributed by atoms with E-state index in [1.807, 2.05) is 43.3 Å². The van der Waals surface area contributed by atoms with E-state index in [2.05, 4.69) is 0 Å². The predicted octanol–water partition coefficient (Wildman–Crippen LogP) is 4.68. The Morgan fingerprint density at radius 2 is 1.78 bits per heavy atom. The van der Waals surface area contributed by atoms with Crippen molar-refractivity contribution < 1.29 is 23.4 Å². The number of hydrogen-bond acceptors (Lipinski definition) is 6. The summed E-state index contributed by atoms with van der Waals surface area (Å²) in [5, 5.41) is 0.838. The lowest BCUT2D eigenvalue weighted by molar-refractivity contribution is 0.0921. The maximum absolute atomic E-state index is 12.6. The first kappa shape index (κ1) is 19.9. The number of benzene rings is 3. The summed E-state index contributed by atoms with van der Waals surface area (Å²) in [6.45, 7) is 1.92. The third-order valence-electron chi connectivity index (χ3n) is 5.55. The number of rotatable bonds is 6. The van der Waals surface area contributed by atoms with Crippen LogP contribution >= 0.6 is 0 Å². The average molecular weight is 428 g/mol. The fraction of sp³-hybridized carbons (Fsp3) is 0.154. The fourth-order valence-electron chi connectivity index (χ4n) is 3.77. The molecule has 0 atom stereocenters. The molecule has 5 rings (SSSR count). The summed E-state index contributed by atoms with van der Waals surface area (Å²) in [5.74, 6) is 1.42. The number of ketones is 1. The van der Waals surface area contributed by atoms with E-state index in [0.717, 1.165) is 16.5 Å². The molecule has 6 heteroatoms. The Labute approximate surface area is 184 Å². The molecular weight excluding hydrogens is 408 g/mol. The van der Waals surface area contributed by atoms with E-state index in [4.69, 9.17) is 18.6 Å². The summed E-state index contributed by atoms with van der Waals surface area (Å²) in [6, 6.07) is 20.1. The van der Waals surface area contributed by atoms with Crippen molar-refractivity contribution in [2.75, 3.05) is 13.4 Å². The second-order valence-corrected chi connectivity index (χ2v) is 7.59. The third kappa shape index (κ3) is 3.83. The number of carbonyl (C=O) groups excluding carboxylic acids is 1. The van der Waals surface area contributed by atoms with E-state index in [1.165, 1.54) is 0 Å². The Balaban J connectivity index is 1.35. The molecule has 4 aromatic rings. The van der Waals surface area contributed by atoms with Crippen LogP contribution in [0.1, 0.15) is 27.0 Å². The Bertz CT molecular complexity index is 1370. The molecule has 2 heterocycles. The van der Waals surface area contributed by atoms with Crippen LogP contribution in [-0.2, 0) is 6.42 Å². The highest BCUT2D eigenvalue weighted by Crippen LogP contribution is 2.32. The van der Waals surface area contributed by atoms with Crippen LogP contribution in [0.3, 0.4) is 0 Å². The molecule has 1 aromatic heterocycles. The van der Waals surface area contributed by atoms with Crippen LogP contribution in [0.4, 0.5) is 0 Å². The van der Waals surface area contributed by atoms with Crippen molar-refractivity contribution in [2.45, 2.75) is 13.3 Å². The van der Waals surface area contributed by atoms with Crippen molar-refractivity contribution >= 4 is 16.8 Å². The Morgan fingerprint density at radius 1 is 0.969 bits per heavy atom. The van der Waals surface area contributed by atoms with Crippen LogP contribution in [0.25, 0.3) is 11.0 Å². The highest BCUT2D eigenvalue weighted by atomic mass is 16.7. The number of aryl methyl sites for hydroxylation is 1. The number of fused-ring (bicyclic) bond motifs is 2. The number of hydrogen-bond donors (Lipinski definition) is 0. The summed E-state index contributed by atoms with van der Waals surface area (Å²) in [4.78, 5) is 25.1. The van der Waals surface area contributed by atoms with Gasteiger partial charge in [0.15, 0.2) is 23.9 Å². The lowest BCUT2D eigenvalue weighted by Crippen LogP contribution is -2.12. The standard InChI is InChI=1S/C26H20O6/c1-16-20-9-8-19(29-14-22(27)18-7-10-23-25(12-18)31-15-30-23)13-24(20)32-26(28)21(16)11-17-5-3-2-4-6-17/h2-10,12-13H,11,14-15H2,1H3. The Kier molecular flexibility index (Phi) is 5.11. The van der Waals surface area contributed by atoms with Crippen LogP contribution in [0.2, 0.25) is 0 Å². The van der Waals surface area contributed by atoms with E-state index in [0.29, 0.717) is 40.4 Å². The fourth-order valence-corrected chi connectivity index (χ4v) is 3.77. The van der Waals surface area contributed by atoms with Crippen LogP contribution in [0, 0.1) is 6.92 Å². The number of Topliss-reactive ketones (excluding diaryl/α,β-unsaturated/α-hetero) is 1. The molecule has 6 nitrogen and oxygen atoms in total. The molecule has 160 valence electrons. The first-order valence-electron chi connectivity index (χ1n) is 10.2. The maximum atomic E-state index is 12.6. The van der Waals surface area contributed by atoms with Gasteiger partial charge < -0.3 is 18.6 Å². The van der Waals surface area contributed by atoms with Gasteiger partial charge in [0.25, 0.3) is 0 Å². The molecule has 32 heavy (non-hydrogen) atoms. The smallest absolute Gasteiger partial charge is 0.340 e. The normalized spacial score (nSPS) is 12.2. The lowest BCUT2D eigenvalue weighted by Gasteiger charge is -2.10. The van der Waals surface area contributed by atoms with E-state index in [9.17, 15) is 9.59 Å². The average Bonchev–Trinajstić information content (AvgIpc) is 3.28. The largest absolute Gasteiger partial charge is 0.485 e. The molecule has 0 N–H and O–H groups in total. The minimum Gasteiger partial charge on any atom is -0.485 e. The summed E-state index contributed by atoms with van der Waals surface area (Å²) in [5.41, 5.74) is 3.09. The molecule has 0 unspecified atom stereocenters. The summed E-state index contributed by atoms with van der Waals surface area (Å²) in [7, 11) is 0. The van der Waals surface area contributed by atoms with Crippen LogP contribution in [0.15, 0.2) is 75.9 Å². The first-order valence-corrected chi connectivity index (χ1v) is 10.2. The molecule has 0 aliphatic carbocycles. The zero-order chi connectivity index (χ0) is 22.1. The zero-order valence-electron chi connectivity index (χ0n) is 17.4. The maximum Gasteiger partial charge on any atom is 0.340 e. The molecule has 1 aliphatic heterocycles. The van der Waals surface area contributed by atoms with E-state index >= 15 is 0 Å². The Morgan fingerprint density at radius 3 is 2.62 bits per heavy atom. The van der Waals surface area contributed by atoms with Crippen molar-refractivity contribution in [1.29, 1.82) is 0 Å². The minimum atomic E-state index is -0.368. The molecule has 0 spiro atoms. The summed E-state index contributed by atoms with van der Waals surface area (Å²) in [6.07, 6.45) is 0.507. The molecular formula is C26H20O6. The predicted molar refractivity (Wildman–Crippen MR) is 119 cm³/mol. The van der Waals surface area contributed by atoms with Gasteiger partial charge in [0, 0.05) is 29.0 Å². The van der Waals surface area contributed by atoms with E-state index < -0.39 is 0 Å².